The molecule has 0 atom stereocenters. The van der Waals surface area contributed by atoms with Crippen molar-refractivity contribution in [1.29, 1.82) is 0 Å². The highest BCUT2D eigenvalue weighted by molar-refractivity contribution is 9.10. The average molecular weight is 359 g/mol. The summed E-state index contributed by atoms with van der Waals surface area (Å²) >= 11 is 15.2. The molecule has 98 valence electrons. The predicted octanol–water partition coefficient (Wildman–Crippen LogP) is 4.94. The zero-order valence-corrected chi connectivity index (χ0v) is 12.9. The molecule has 0 heterocycles. The van der Waals surface area contributed by atoms with Crippen LogP contribution < -0.4 is 5.32 Å². The first-order valence-corrected chi connectivity index (χ1v) is 7.09. The van der Waals surface area contributed by atoms with Gasteiger partial charge in [-0.05, 0) is 45.8 Å². The number of carbonyl (C=O) groups excluding carboxylic acids is 1. The van der Waals surface area contributed by atoms with Crippen LogP contribution in [0.1, 0.15) is 5.56 Å². The van der Waals surface area contributed by atoms with Gasteiger partial charge in [-0.2, -0.15) is 0 Å². The van der Waals surface area contributed by atoms with Gasteiger partial charge in [-0.3, -0.25) is 4.79 Å². The van der Waals surface area contributed by atoms with E-state index in [1.807, 2.05) is 12.1 Å². The molecule has 5 heteroatoms. The molecule has 0 aliphatic rings. The molecule has 1 amide bonds. The standard InChI is InChI=1S/C14H10BrCl2NO/c15-14-11(17)5-2-6-12(14)18-13(19)8-9-3-1-4-10(16)7-9/h1-7H,8H2,(H,18,19). The molecule has 0 aliphatic carbocycles. The molecule has 2 nitrogen and oxygen atoms in total. The molecule has 1 N–H and O–H groups in total. The lowest BCUT2D eigenvalue weighted by atomic mass is 10.1. The third-order valence-corrected chi connectivity index (χ3v) is 4.11. The minimum Gasteiger partial charge on any atom is -0.325 e. The summed E-state index contributed by atoms with van der Waals surface area (Å²) in [6.45, 7) is 0. The molecule has 0 fully saturated rings. The largest absolute Gasteiger partial charge is 0.325 e. The molecule has 0 saturated heterocycles. The molecule has 19 heavy (non-hydrogen) atoms. The number of anilines is 1. The van der Waals surface area contributed by atoms with Crippen LogP contribution in [0, 0.1) is 0 Å². The number of rotatable bonds is 3. The lowest BCUT2D eigenvalue weighted by Gasteiger charge is -2.08. The number of amides is 1. The van der Waals surface area contributed by atoms with Gasteiger partial charge in [0.2, 0.25) is 5.91 Å². The second-order valence-corrected chi connectivity index (χ2v) is 5.59. The van der Waals surface area contributed by atoms with Crippen molar-refractivity contribution in [3.05, 3.63) is 62.5 Å². The first kappa shape index (κ1) is 14.4. The van der Waals surface area contributed by atoms with Crippen LogP contribution in [0.3, 0.4) is 0 Å². The normalized spacial score (nSPS) is 10.3. The third-order valence-electron chi connectivity index (χ3n) is 2.48. The van der Waals surface area contributed by atoms with Crippen LogP contribution in [-0.4, -0.2) is 5.91 Å². The van der Waals surface area contributed by atoms with Crippen molar-refractivity contribution >= 4 is 50.7 Å². The SMILES string of the molecule is O=C(Cc1cccc(Cl)c1)Nc1cccc(Cl)c1Br. The first-order valence-electron chi connectivity index (χ1n) is 5.54. The van der Waals surface area contributed by atoms with Gasteiger partial charge >= 0.3 is 0 Å². The molecule has 2 rings (SSSR count). The molecule has 0 saturated carbocycles. The van der Waals surface area contributed by atoms with E-state index in [1.54, 1.807) is 30.3 Å². The monoisotopic (exact) mass is 357 g/mol. The summed E-state index contributed by atoms with van der Waals surface area (Å²) in [6, 6.07) is 12.5. The molecule has 0 bridgehead atoms. The molecule has 0 radical (unpaired) electrons. The average Bonchev–Trinajstić information content (AvgIpc) is 2.35. The van der Waals surface area contributed by atoms with Gasteiger partial charge in [0, 0.05) is 5.02 Å². The first-order chi connectivity index (χ1) is 9.06. The maximum Gasteiger partial charge on any atom is 0.228 e. The zero-order chi connectivity index (χ0) is 13.8. The lowest BCUT2D eigenvalue weighted by molar-refractivity contribution is -0.115. The Morgan fingerprint density at radius 2 is 1.89 bits per heavy atom. The fourth-order valence-corrected chi connectivity index (χ4v) is 2.38. The summed E-state index contributed by atoms with van der Waals surface area (Å²) in [5.74, 6) is -0.120. The van der Waals surface area contributed by atoms with Crippen LogP contribution in [0.2, 0.25) is 10.0 Å². The highest BCUT2D eigenvalue weighted by atomic mass is 79.9. The van der Waals surface area contributed by atoms with E-state index in [2.05, 4.69) is 21.2 Å². The summed E-state index contributed by atoms with van der Waals surface area (Å²) < 4.78 is 0.677. The maximum absolute atomic E-state index is 11.9. The molecule has 2 aromatic carbocycles. The van der Waals surface area contributed by atoms with E-state index in [1.165, 1.54) is 0 Å². The quantitative estimate of drug-likeness (QED) is 0.827. The minimum atomic E-state index is -0.120. The van der Waals surface area contributed by atoms with Gasteiger partial charge in [0.15, 0.2) is 0 Å². The van der Waals surface area contributed by atoms with Crippen LogP contribution in [0.25, 0.3) is 0 Å². The molecule has 2 aromatic rings. The topological polar surface area (TPSA) is 29.1 Å². The Kier molecular flexibility index (Phi) is 4.86. The van der Waals surface area contributed by atoms with Crippen molar-refractivity contribution in [3.63, 3.8) is 0 Å². The number of carbonyl (C=O) groups is 1. The van der Waals surface area contributed by atoms with Crippen LogP contribution in [0.15, 0.2) is 46.9 Å². The van der Waals surface area contributed by atoms with E-state index in [0.29, 0.717) is 20.2 Å². The Morgan fingerprint density at radius 1 is 1.16 bits per heavy atom. The number of halogens is 3. The predicted molar refractivity (Wildman–Crippen MR) is 82.9 cm³/mol. The summed E-state index contributed by atoms with van der Waals surface area (Å²) in [7, 11) is 0. The zero-order valence-electron chi connectivity index (χ0n) is 9.79. The van der Waals surface area contributed by atoms with Gasteiger partial charge in [0.05, 0.1) is 21.6 Å². The summed E-state index contributed by atoms with van der Waals surface area (Å²) in [4.78, 5) is 11.9. The van der Waals surface area contributed by atoms with Crippen molar-refractivity contribution in [2.75, 3.05) is 5.32 Å². The molecular weight excluding hydrogens is 349 g/mol. The van der Waals surface area contributed by atoms with Crippen LogP contribution in [0.4, 0.5) is 5.69 Å². The highest BCUT2D eigenvalue weighted by Gasteiger charge is 2.08. The molecule has 0 spiro atoms. The number of hydrogen-bond donors (Lipinski definition) is 1. The Labute approximate surface area is 129 Å². The summed E-state index contributed by atoms with van der Waals surface area (Å²) in [5, 5.41) is 3.98. The molecular formula is C14H10BrCl2NO. The lowest BCUT2D eigenvalue weighted by Crippen LogP contribution is -2.14. The smallest absolute Gasteiger partial charge is 0.228 e. The Bertz CT molecular complexity index is 616. The Hall–Kier alpha value is -1.03. The van der Waals surface area contributed by atoms with Gasteiger partial charge in [-0.15, -0.1) is 0 Å². The molecule has 0 unspecified atom stereocenters. The minimum absolute atomic E-state index is 0.120. The van der Waals surface area contributed by atoms with Crippen molar-refractivity contribution in [2.45, 2.75) is 6.42 Å². The summed E-state index contributed by atoms with van der Waals surface area (Å²) in [5.41, 5.74) is 1.52. The molecule has 0 aliphatic heterocycles. The maximum atomic E-state index is 11.9. The van der Waals surface area contributed by atoms with Crippen molar-refractivity contribution in [1.82, 2.24) is 0 Å². The van der Waals surface area contributed by atoms with Gasteiger partial charge in [-0.1, -0.05) is 41.4 Å². The van der Waals surface area contributed by atoms with Crippen LogP contribution in [-0.2, 0) is 11.2 Å². The van der Waals surface area contributed by atoms with E-state index >= 15 is 0 Å². The van der Waals surface area contributed by atoms with E-state index in [-0.39, 0.29) is 12.3 Å². The second-order valence-electron chi connectivity index (χ2n) is 3.96. The van der Waals surface area contributed by atoms with Gasteiger partial charge < -0.3 is 5.32 Å². The van der Waals surface area contributed by atoms with Gasteiger partial charge in [-0.25, -0.2) is 0 Å². The van der Waals surface area contributed by atoms with E-state index in [9.17, 15) is 4.79 Å². The van der Waals surface area contributed by atoms with Crippen LogP contribution >= 0.6 is 39.1 Å². The summed E-state index contributed by atoms with van der Waals surface area (Å²) in [6.07, 6.45) is 0.263. The van der Waals surface area contributed by atoms with E-state index in [0.717, 1.165) is 5.56 Å². The van der Waals surface area contributed by atoms with Gasteiger partial charge in [0.25, 0.3) is 0 Å². The van der Waals surface area contributed by atoms with Crippen molar-refractivity contribution in [2.24, 2.45) is 0 Å². The fourth-order valence-electron chi connectivity index (χ4n) is 1.63. The Morgan fingerprint density at radius 3 is 2.63 bits per heavy atom. The molecule has 0 aromatic heterocycles. The van der Waals surface area contributed by atoms with E-state index < -0.39 is 0 Å². The van der Waals surface area contributed by atoms with Gasteiger partial charge in [0.1, 0.15) is 0 Å². The van der Waals surface area contributed by atoms with Crippen LogP contribution in [0.5, 0.6) is 0 Å². The third kappa shape index (κ3) is 3.96. The number of benzene rings is 2. The number of hydrogen-bond acceptors (Lipinski definition) is 1. The fraction of sp³-hybridized carbons (Fsp3) is 0.0714. The van der Waals surface area contributed by atoms with Crippen molar-refractivity contribution < 1.29 is 4.79 Å². The Balaban J connectivity index is 2.08. The van der Waals surface area contributed by atoms with E-state index in [4.69, 9.17) is 23.2 Å². The van der Waals surface area contributed by atoms with Crippen molar-refractivity contribution in [3.8, 4) is 0 Å². The number of nitrogens with one attached hydrogen (secondary N) is 1. The second kappa shape index (κ2) is 6.42. The highest BCUT2D eigenvalue weighted by Crippen LogP contribution is 2.30.